The maximum absolute atomic E-state index is 14.1. The fraction of sp³-hybridized carbons (Fsp3) is 0.375. The van der Waals surface area contributed by atoms with Crippen molar-refractivity contribution >= 4 is 27.5 Å². The molecule has 1 N–H and O–H groups in total. The monoisotopic (exact) mass is 613 g/mol. The topological polar surface area (TPSA) is 105 Å². The number of carbonyl (C=O) groups excluding carboxylic acids is 2. The predicted molar refractivity (Wildman–Crippen MR) is 164 cm³/mol. The molecule has 0 saturated heterocycles. The average molecular weight is 614 g/mol. The molecule has 3 aromatic carbocycles. The van der Waals surface area contributed by atoms with Crippen LogP contribution in [0.25, 0.3) is 0 Å². The van der Waals surface area contributed by atoms with Gasteiger partial charge in [0.1, 0.15) is 18.4 Å². The standard InChI is InChI=1S/C32H40FN3O6S/c1-7-28(32(38)34-19-22(2)3)35(20-24-10-8-9-23(4)17-24)31(37)21-36(26-13-11-25(33)12-14-26)43(39,40)27-15-16-29(41-5)30(18-27)42-6/h8-18,22,28H,7,19-21H2,1-6H3,(H,34,38)/t28-/m0/s1. The second-order valence-corrected chi connectivity index (χ2v) is 12.4. The Labute approximate surface area is 253 Å². The second kappa shape index (κ2) is 14.9. The van der Waals surface area contributed by atoms with Crippen LogP contribution in [-0.4, -0.2) is 58.5 Å². The molecule has 2 amide bonds. The minimum Gasteiger partial charge on any atom is -0.493 e. The van der Waals surface area contributed by atoms with Gasteiger partial charge in [-0.3, -0.25) is 13.9 Å². The van der Waals surface area contributed by atoms with Crippen LogP contribution >= 0.6 is 0 Å². The molecule has 11 heteroatoms. The van der Waals surface area contributed by atoms with Gasteiger partial charge in [-0.1, -0.05) is 50.6 Å². The average Bonchev–Trinajstić information content (AvgIpc) is 2.98. The Kier molecular flexibility index (Phi) is 11.5. The van der Waals surface area contributed by atoms with E-state index in [1.54, 1.807) is 6.92 Å². The third-order valence-electron chi connectivity index (χ3n) is 6.84. The van der Waals surface area contributed by atoms with Gasteiger partial charge in [-0.25, -0.2) is 12.8 Å². The molecule has 232 valence electrons. The highest BCUT2D eigenvalue weighted by Gasteiger charge is 2.34. The lowest BCUT2D eigenvalue weighted by atomic mass is 10.1. The van der Waals surface area contributed by atoms with Crippen molar-refractivity contribution in [3.8, 4) is 11.5 Å². The molecule has 9 nitrogen and oxygen atoms in total. The summed E-state index contributed by atoms with van der Waals surface area (Å²) in [6.45, 7) is 7.54. The molecule has 0 saturated carbocycles. The molecule has 0 aliphatic heterocycles. The number of sulfonamides is 1. The number of hydrogen-bond acceptors (Lipinski definition) is 6. The first-order chi connectivity index (χ1) is 20.4. The van der Waals surface area contributed by atoms with Crippen LogP contribution in [0.5, 0.6) is 11.5 Å². The zero-order chi connectivity index (χ0) is 31.7. The van der Waals surface area contributed by atoms with Crippen molar-refractivity contribution in [3.63, 3.8) is 0 Å². The summed E-state index contributed by atoms with van der Waals surface area (Å²) >= 11 is 0. The summed E-state index contributed by atoms with van der Waals surface area (Å²) < 4.78 is 53.5. The molecule has 0 aliphatic rings. The Morgan fingerprint density at radius 2 is 1.63 bits per heavy atom. The molecule has 0 spiro atoms. The van der Waals surface area contributed by atoms with E-state index in [-0.39, 0.29) is 34.7 Å². The molecule has 0 unspecified atom stereocenters. The number of amides is 2. The highest BCUT2D eigenvalue weighted by molar-refractivity contribution is 7.92. The lowest BCUT2D eigenvalue weighted by Crippen LogP contribution is -2.52. The number of nitrogens with one attached hydrogen (secondary N) is 1. The molecule has 0 heterocycles. The number of ether oxygens (including phenoxy) is 2. The van der Waals surface area contributed by atoms with Crippen molar-refractivity contribution in [2.75, 3.05) is 31.6 Å². The van der Waals surface area contributed by atoms with Gasteiger partial charge in [0.15, 0.2) is 11.5 Å². The molecular formula is C32H40FN3O6S. The van der Waals surface area contributed by atoms with E-state index in [2.05, 4.69) is 5.32 Å². The number of aryl methyl sites for hydroxylation is 1. The van der Waals surface area contributed by atoms with Gasteiger partial charge in [-0.15, -0.1) is 0 Å². The maximum Gasteiger partial charge on any atom is 0.264 e. The summed E-state index contributed by atoms with van der Waals surface area (Å²) in [5.41, 5.74) is 1.85. The Morgan fingerprint density at radius 1 is 0.953 bits per heavy atom. The number of methoxy groups -OCH3 is 2. The molecular weight excluding hydrogens is 573 g/mol. The molecule has 3 aromatic rings. The van der Waals surface area contributed by atoms with Gasteiger partial charge in [0, 0.05) is 19.2 Å². The smallest absolute Gasteiger partial charge is 0.264 e. The van der Waals surface area contributed by atoms with Gasteiger partial charge in [0.25, 0.3) is 10.0 Å². The quantitative estimate of drug-likeness (QED) is 0.277. The fourth-order valence-electron chi connectivity index (χ4n) is 4.59. The number of halogens is 1. The number of nitrogens with zero attached hydrogens (tertiary/aromatic N) is 2. The first kappa shape index (κ1) is 33.4. The second-order valence-electron chi connectivity index (χ2n) is 10.6. The van der Waals surface area contributed by atoms with E-state index < -0.39 is 34.3 Å². The minimum absolute atomic E-state index is 0.0809. The van der Waals surface area contributed by atoms with Gasteiger partial charge in [0.05, 0.1) is 24.8 Å². The number of anilines is 1. The van der Waals surface area contributed by atoms with Crippen LogP contribution in [0.1, 0.15) is 38.3 Å². The molecule has 0 fully saturated rings. The summed E-state index contributed by atoms with van der Waals surface area (Å²) in [4.78, 5) is 28.7. The summed E-state index contributed by atoms with van der Waals surface area (Å²) in [7, 11) is -1.57. The zero-order valence-electron chi connectivity index (χ0n) is 25.5. The SMILES string of the molecule is CC[C@@H](C(=O)NCC(C)C)N(Cc1cccc(C)c1)C(=O)CN(c1ccc(F)cc1)S(=O)(=O)c1ccc(OC)c(OC)c1. The van der Waals surface area contributed by atoms with Crippen molar-refractivity contribution < 1.29 is 31.9 Å². The van der Waals surface area contributed by atoms with Crippen molar-refractivity contribution in [3.05, 3.63) is 83.7 Å². The minimum atomic E-state index is -4.38. The van der Waals surface area contributed by atoms with Gasteiger partial charge in [-0.2, -0.15) is 0 Å². The Hall–Kier alpha value is -4.12. The number of hydrogen-bond donors (Lipinski definition) is 1. The molecule has 1 atom stereocenters. The summed E-state index contributed by atoms with van der Waals surface area (Å²) in [5, 5.41) is 2.90. The molecule has 0 aromatic heterocycles. The van der Waals surface area contributed by atoms with Crippen LogP contribution in [0.15, 0.2) is 71.6 Å². The van der Waals surface area contributed by atoms with E-state index >= 15 is 0 Å². The lowest BCUT2D eigenvalue weighted by Gasteiger charge is -2.33. The normalized spacial score (nSPS) is 12.0. The summed E-state index contributed by atoms with van der Waals surface area (Å²) in [6, 6.07) is 15.6. The Bertz CT molecular complexity index is 1510. The van der Waals surface area contributed by atoms with E-state index in [1.165, 1.54) is 49.5 Å². The number of benzene rings is 3. The first-order valence-corrected chi connectivity index (χ1v) is 15.5. The molecule has 0 bridgehead atoms. The Morgan fingerprint density at radius 3 is 2.21 bits per heavy atom. The van der Waals surface area contributed by atoms with Crippen LogP contribution in [-0.2, 0) is 26.2 Å². The summed E-state index contributed by atoms with van der Waals surface area (Å²) in [6.07, 6.45) is 0.306. The van der Waals surface area contributed by atoms with Gasteiger partial charge < -0.3 is 19.7 Å². The van der Waals surface area contributed by atoms with E-state index in [0.717, 1.165) is 27.6 Å². The van der Waals surface area contributed by atoms with Crippen LogP contribution in [0.2, 0.25) is 0 Å². The van der Waals surface area contributed by atoms with Gasteiger partial charge in [0.2, 0.25) is 11.8 Å². The van der Waals surface area contributed by atoms with Crippen LogP contribution in [0.3, 0.4) is 0 Å². The molecule has 43 heavy (non-hydrogen) atoms. The van der Waals surface area contributed by atoms with Crippen molar-refractivity contribution in [2.45, 2.75) is 51.6 Å². The highest BCUT2D eigenvalue weighted by Crippen LogP contribution is 2.32. The third-order valence-corrected chi connectivity index (χ3v) is 8.61. The number of rotatable bonds is 14. The largest absolute Gasteiger partial charge is 0.493 e. The van der Waals surface area contributed by atoms with Gasteiger partial charge in [-0.05, 0) is 61.2 Å². The molecule has 3 rings (SSSR count). The van der Waals surface area contributed by atoms with Crippen molar-refractivity contribution in [2.24, 2.45) is 5.92 Å². The Balaban J connectivity index is 2.08. The van der Waals surface area contributed by atoms with Crippen LogP contribution in [0.4, 0.5) is 10.1 Å². The van der Waals surface area contributed by atoms with Crippen LogP contribution < -0.4 is 19.1 Å². The number of carbonyl (C=O) groups is 2. The zero-order valence-corrected chi connectivity index (χ0v) is 26.3. The molecule has 0 radical (unpaired) electrons. The van der Waals surface area contributed by atoms with E-state index in [0.29, 0.717) is 18.7 Å². The first-order valence-electron chi connectivity index (χ1n) is 14.0. The van der Waals surface area contributed by atoms with E-state index in [4.69, 9.17) is 9.47 Å². The summed E-state index contributed by atoms with van der Waals surface area (Å²) in [5.74, 6) is -0.776. The molecule has 0 aliphatic carbocycles. The van der Waals surface area contributed by atoms with Crippen molar-refractivity contribution in [1.29, 1.82) is 0 Å². The fourth-order valence-corrected chi connectivity index (χ4v) is 6.02. The lowest BCUT2D eigenvalue weighted by molar-refractivity contribution is -0.140. The predicted octanol–water partition coefficient (Wildman–Crippen LogP) is 4.93. The maximum atomic E-state index is 14.1. The van der Waals surface area contributed by atoms with Gasteiger partial charge >= 0.3 is 0 Å². The van der Waals surface area contributed by atoms with E-state index in [1.807, 2.05) is 45.0 Å². The van der Waals surface area contributed by atoms with Crippen molar-refractivity contribution in [1.82, 2.24) is 10.2 Å². The third kappa shape index (κ3) is 8.47. The van der Waals surface area contributed by atoms with E-state index in [9.17, 15) is 22.4 Å². The van der Waals surface area contributed by atoms with Crippen LogP contribution in [0, 0.1) is 18.7 Å². The highest BCUT2D eigenvalue weighted by atomic mass is 32.2.